The maximum atomic E-state index is 4.66. The van der Waals surface area contributed by atoms with Crippen LogP contribution in [0.2, 0.25) is 0 Å². The Balaban J connectivity index is 1.94. The molecule has 1 aromatic heterocycles. The van der Waals surface area contributed by atoms with Crippen LogP contribution in [0.5, 0.6) is 0 Å². The zero-order chi connectivity index (χ0) is 14.2. The summed E-state index contributed by atoms with van der Waals surface area (Å²) >= 11 is 0. The third-order valence-electron chi connectivity index (χ3n) is 3.98. The molecular formula is C20H15N. The predicted molar refractivity (Wildman–Crippen MR) is 89.4 cm³/mol. The van der Waals surface area contributed by atoms with Crippen molar-refractivity contribution in [3.63, 3.8) is 0 Å². The van der Waals surface area contributed by atoms with Gasteiger partial charge in [-0.15, -0.1) is 0 Å². The molecule has 1 heteroatoms. The van der Waals surface area contributed by atoms with Gasteiger partial charge in [0.25, 0.3) is 0 Å². The summed E-state index contributed by atoms with van der Waals surface area (Å²) in [5.41, 5.74) is 3.46. The Labute approximate surface area is 123 Å². The maximum absolute atomic E-state index is 4.66. The summed E-state index contributed by atoms with van der Waals surface area (Å²) in [4.78, 5) is 4.66. The molecule has 0 radical (unpaired) electrons. The molecule has 4 aromatic rings. The third-order valence-corrected chi connectivity index (χ3v) is 3.98. The molecule has 0 spiro atoms. The van der Waals surface area contributed by atoms with E-state index in [1.165, 1.54) is 27.1 Å². The number of hydrogen-bond donors (Lipinski definition) is 0. The third kappa shape index (κ3) is 2.07. The van der Waals surface area contributed by atoms with Gasteiger partial charge in [-0.05, 0) is 29.1 Å². The van der Waals surface area contributed by atoms with Crippen molar-refractivity contribution in [2.24, 2.45) is 0 Å². The second kappa shape index (κ2) is 4.71. The summed E-state index contributed by atoms with van der Waals surface area (Å²) in [7, 11) is 0. The highest BCUT2D eigenvalue weighted by atomic mass is 14.7. The van der Waals surface area contributed by atoms with Crippen LogP contribution in [0.25, 0.3) is 32.8 Å². The summed E-state index contributed by atoms with van der Waals surface area (Å²) in [6, 6.07) is 23.5. The molecule has 0 saturated carbocycles. The van der Waals surface area contributed by atoms with Crippen LogP contribution in [-0.2, 0) is 0 Å². The van der Waals surface area contributed by atoms with Gasteiger partial charge in [0.2, 0.25) is 0 Å². The van der Waals surface area contributed by atoms with E-state index < -0.39 is 0 Å². The van der Waals surface area contributed by atoms with Crippen LogP contribution in [0.1, 0.15) is 5.56 Å². The number of pyridine rings is 1. The standard InChI is InChI=1S/C20H15N/c1-14-6-8-16(9-7-14)20-12-17-11-10-15-4-2-3-5-18(15)19(17)13-21-20/h2-13H,1H3. The van der Waals surface area contributed by atoms with Gasteiger partial charge in [-0.2, -0.15) is 0 Å². The van der Waals surface area contributed by atoms with Gasteiger partial charge in [-0.1, -0.05) is 66.2 Å². The molecule has 3 aromatic carbocycles. The van der Waals surface area contributed by atoms with Crippen molar-refractivity contribution in [2.75, 3.05) is 0 Å². The molecule has 4 rings (SSSR count). The van der Waals surface area contributed by atoms with E-state index in [1.807, 2.05) is 6.20 Å². The van der Waals surface area contributed by atoms with E-state index in [2.05, 4.69) is 78.6 Å². The van der Waals surface area contributed by atoms with Crippen LogP contribution in [0, 0.1) is 6.92 Å². The van der Waals surface area contributed by atoms with Crippen molar-refractivity contribution >= 4 is 21.5 Å². The molecule has 0 N–H and O–H groups in total. The molecule has 0 aliphatic rings. The number of rotatable bonds is 1. The van der Waals surface area contributed by atoms with Gasteiger partial charge < -0.3 is 0 Å². The van der Waals surface area contributed by atoms with E-state index in [0.717, 1.165) is 11.3 Å². The van der Waals surface area contributed by atoms with Crippen LogP contribution in [0.15, 0.2) is 72.9 Å². The normalized spacial score (nSPS) is 11.1. The molecule has 0 atom stereocenters. The molecule has 0 fully saturated rings. The molecule has 0 aliphatic heterocycles. The quantitative estimate of drug-likeness (QED) is 0.424. The Bertz CT molecular complexity index is 937. The highest BCUT2D eigenvalue weighted by molar-refractivity contribution is 6.07. The Morgan fingerprint density at radius 2 is 1.48 bits per heavy atom. The summed E-state index contributed by atoms with van der Waals surface area (Å²) < 4.78 is 0. The highest BCUT2D eigenvalue weighted by Crippen LogP contribution is 2.27. The fourth-order valence-electron chi connectivity index (χ4n) is 2.78. The first-order chi connectivity index (χ1) is 10.3. The Hall–Kier alpha value is -2.67. The lowest BCUT2D eigenvalue weighted by molar-refractivity contribution is 1.35. The highest BCUT2D eigenvalue weighted by Gasteiger charge is 2.04. The smallest absolute Gasteiger partial charge is 0.0708 e. The molecule has 1 heterocycles. The fraction of sp³-hybridized carbons (Fsp3) is 0.0500. The summed E-state index contributed by atoms with van der Waals surface area (Å²) in [5.74, 6) is 0. The topological polar surface area (TPSA) is 12.9 Å². The molecule has 0 unspecified atom stereocenters. The zero-order valence-corrected chi connectivity index (χ0v) is 11.9. The number of aryl methyl sites for hydroxylation is 1. The SMILES string of the molecule is Cc1ccc(-c2cc3ccc4ccccc4c3cn2)cc1. The molecule has 0 saturated heterocycles. The van der Waals surface area contributed by atoms with Crippen LogP contribution in [-0.4, -0.2) is 4.98 Å². The van der Waals surface area contributed by atoms with Gasteiger partial charge in [-0.3, -0.25) is 4.98 Å². The first kappa shape index (κ1) is 12.1. The van der Waals surface area contributed by atoms with Gasteiger partial charge in [0.1, 0.15) is 0 Å². The molecular weight excluding hydrogens is 254 g/mol. The van der Waals surface area contributed by atoms with E-state index in [1.54, 1.807) is 0 Å². The average molecular weight is 269 g/mol. The maximum Gasteiger partial charge on any atom is 0.0708 e. The van der Waals surface area contributed by atoms with Gasteiger partial charge in [-0.25, -0.2) is 0 Å². The van der Waals surface area contributed by atoms with E-state index >= 15 is 0 Å². The molecule has 1 nitrogen and oxygen atoms in total. The average Bonchev–Trinajstić information content (AvgIpc) is 2.55. The summed E-state index contributed by atoms with van der Waals surface area (Å²) in [6.45, 7) is 2.10. The van der Waals surface area contributed by atoms with E-state index in [9.17, 15) is 0 Å². The van der Waals surface area contributed by atoms with Crippen molar-refractivity contribution in [3.05, 3.63) is 78.5 Å². The number of nitrogens with zero attached hydrogens (tertiary/aromatic N) is 1. The number of fused-ring (bicyclic) bond motifs is 3. The van der Waals surface area contributed by atoms with Crippen molar-refractivity contribution in [3.8, 4) is 11.3 Å². The lowest BCUT2D eigenvalue weighted by Crippen LogP contribution is -1.85. The van der Waals surface area contributed by atoms with Crippen molar-refractivity contribution in [1.29, 1.82) is 0 Å². The van der Waals surface area contributed by atoms with Crippen molar-refractivity contribution in [2.45, 2.75) is 6.92 Å². The monoisotopic (exact) mass is 269 g/mol. The molecule has 0 amide bonds. The Morgan fingerprint density at radius 3 is 2.33 bits per heavy atom. The second-order valence-electron chi connectivity index (χ2n) is 5.44. The molecule has 100 valence electrons. The minimum Gasteiger partial charge on any atom is -0.256 e. The van der Waals surface area contributed by atoms with E-state index in [-0.39, 0.29) is 0 Å². The van der Waals surface area contributed by atoms with Crippen LogP contribution in [0.3, 0.4) is 0 Å². The number of hydrogen-bond acceptors (Lipinski definition) is 1. The zero-order valence-electron chi connectivity index (χ0n) is 11.9. The fourth-order valence-corrected chi connectivity index (χ4v) is 2.78. The Morgan fingerprint density at radius 1 is 0.714 bits per heavy atom. The second-order valence-corrected chi connectivity index (χ2v) is 5.44. The van der Waals surface area contributed by atoms with Gasteiger partial charge in [0.15, 0.2) is 0 Å². The predicted octanol–water partition coefficient (Wildman–Crippen LogP) is 5.36. The van der Waals surface area contributed by atoms with Crippen molar-refractivity contribution < 1.29 is 0 Å². The lowest BCUT2D eigenvalue weighted by Gasteiger charge is -2.06. The molecule has 0 aliphatic carbocycles. The van der Waals surface area contributed by atoms with Gasteiger partial charge in [0, 0.05) is 17.1 Å². The summed E-state index contributed by atoms with van der Waals surface area (Å²) in [6.07, 6.45) is 1.99. The van der Waals surface area contributed by atoms with Gasteiger partial charge in [0.05, 0.1) is 5.69 Å². The van der Waals surface area contributed by atoms with Crippen LogP contribution < -0.4 is 0 Å². The molecule has 0 bridgehead atoms. The largest absolute Gasteiger partial charge is 0.256 e. The lowest BCUT2D eigenvalue weighted by atomic mass is 10.0. The number of benzene rings is 3. The first-order valence-corrected chi connectivity index (χ1v) is 7.16. The van der Waals surface area contributed by atoms with E-state index in [4.69, 9.17) is 0 Å². The minimum atomic E-state index is 1.03. The Kier molecular flexibility index (Phi) is 2.71. The van der Waals surface area contributed by atoms with Crippen LogP contribution in [0.4, 0.5) is 0 Å². The van der Waals surface area contributed by atoms with Crippen LogP contribution >= 0.6 is 0 Å². The minimum absolute atomic E-state index is 1.03. The van der Waals surface area contributed by atoms with E-state index in [0.29, 0.717) is 0 Å². The van der Waals surface area contributed by atoms with Gasteiger partial charge >= 0.3 is 0 Å². The van der Waals surface area contributed by atoms with Crippen molar-refractivity contribution in [1.82, 2.24) is 4.98 Å². The summed E-state index contributed by atoms with van der Waals surface area (Å²) in [5, 5.41) is 4.97. The molecule has 21 heavy (non-hydrogen) atoms. The number of aromatic nitrogens is 1. The first-order valence-electron chi connectivity index (χ1n) is 7.16.